The van der Waals surface area contributed by atoms with Crippen LogP contribution in [-0.4, -0.2) is 35.2 Å². The number of thiophene rings is 1. The van der Waals surface area contributed by atoms with E-state index >= 15 is 0 Å². The summed E-state index contributed by atoms with van der Waals surface area (Å²) in [6.45, 7) is 6.13. The lowest BCUT2D eigenvalue weighted by Gasteiger charge is -2.28. The highest BCUT2D eigenvalue weighted by atomic mass is 32.1. The monoisotopic (exact) mass is 455 g/mol. The van der Waals surface area contributed by atoms with Crippen molar-refractivity contribution in [3.8, 4) is 11.5 Å². The minimum Gasteiger partial charge on any atom is -0.497 e. The minimum absolute atomic E-state index is 0.0250. The number of carbonyl (C=O) groups excluding carboxylic acids is 1. The lowest BCUT2D eigenvalue weighted by atomic mass is 9.85. The van der Waals surface area contributed by atoms with E-state index in [1.165, 1.54) is 11.3 Å². The maximum absolute atomic E-state index is 11.8. The number of rotatable bonds is 9. The molecule has 1 heterocycles. The number of aliphatic hydroxyl groups is 1. The molecule has 32 heavy (non-hydrogen) atoms. The van der Waals surface area contributed by atoms with E-state index in [1.807, 2.05) is 86.8 Å². The summed E-state index contributed by atoms with van der Waals surface area (Å²) in [7, 11) is 1.62. The highest BCUT2D eigenvalue weighted by Crippen LogP contribution is 2.40. The number of esters is 1. The van der Waals surface area contributed by atoms with Crippen molar-refractivity contribution in [1.82, 2.24) is 0 Å². The molecule has 6 heteroatoms. The Bertz CT molecular complexity index is 988. The molecular weight excluding hydrogens is 424 g/mol. The fraction of sp³-hybridized carbons (Fsp3) is 0.346. The second-order valence-electron chi connectivity index (χ2n) is 8.50. The van der Waals surface area contributed by atoms with Gasteiger partial charge < -0.3 is 24.1 Å². The summed E-state index contributed by atoms with van der Waals surface area (Å²) in [6, 6.07) is 18.8. The fourth-order valence-electron chi connectivity index (χ4n) is 3.38. The molecule has 1 atom stereocenters. The van der Waals surface area contributed by atoms with Crippen LogP contribution in [0.3, 0.4) is 0 Å². The lowest BCUT2D eigenvalue weighted by Crippen LogP contribution is -2.27. The fourth-order valence-corrected chi connectivity index (χ4v) is 4.25. The summed E-state index contributed by atoms with van der Waals surface area (Å²) in [4.78, 5) is 10.7. The van der Waals surface area contributed by atoms with Crippen molar-refractivity contribution in [3.63, 3.8) is 0 Å². The van der Waals surface area contributed by atoms with E-state index in [1.54, 1.807) is 7.11 Å². The Labute approximate surface area is 193 Å². The van der Waals surface area contributed by atoms with Crippen molar-refractivity contribution in [2.24, 2.45) is 0 Å². The molecule has 0 saturated heterocycles. The maximum Gasteiger partial charge on any atom is 0.483 e. The first-order chi connectivity index (χ1) is 15.2. The molecule has 2 aromatic carbocycles. The molecule has 0 fully saturated rings. The molecule has 0 spiro atoms. The van der Waals surface area contributed by atoms with E-state index in [9.17, 15) is 9.90 Å². The van der Waals surface area contributed by atoms with Gasteiger partial charge >= 0.3 is 5.97 Å². The molecule has 3 rings (SSSR count). The van der Waals surface area contributed by atoms with Gasteiger partial charge in [0.2, 0.25) is 0 Å². The third kappa shape index (κ3) is 5.90. The molecule has 0 amide bonds. The molecule has 2 N–H and O–H groups in total. The van der Waals surface area contributed by atoms with E-state index in [0.29, 0.717) is 25.2 Å². The van der Waals surface area contributed by atoms with E-state index in [2.05, 4.69) is 0 Å². The van der Waals surface area contributed by atoms with Gasteiger partial charge in [-0.15, -0.1) is 11.3 Å². The van der Waals surface area contributed by atoms with Crippen molar-refractivity contribution in [1.29, 1.82) is 0 Å². The molecule has 0 aliphatic rings. The summed E-state index contributed by atoms with van der Waals surface area (Å²) in [6.07, 6.45) is 1.06. The standard InChI is InChI=1S/C26H30O5S/c1-25(2,3)31-24(27)8-5-17-30-22-15-11-20(12-16-22)26(28,23-7-6-18-32-23)19-9-13-21(29-4)14-10-19/h6-7,9-16,18,28H,5,8,17H2,1-4H3/p+1. The summed E-state index contributed by atoms with van der Waals surface area (Å²) in [5, 5.41) is 13.8. The molecule has 5 nitrogen and oxygen atoms in total. The molecule has 0 saturated carbocycles. The zero-order chi connectivity index (χ0) is 23.2. The second-order valence-corrected chi connectivity index (χ2v) is 9.45. The molecule has 0 radical (unpaired) electrons. The van der Waals surface area contributed by atoms with E-state index in [-0.39, 0.29) is 5.97 Å². The zero-order valence-electron chi connectivity index (χ0n) is 19.0. The molecular formula is C26H31O5S+. The molecule has 1 aromatic heterocycles. The molecule has 1 unspecified atom stereocenters. The summed E-state index contributed by atoms with van der Waals surface area (Å²) in [5.41, 5.74) is -0.171. The Balaban J connectivity index is 1.69. The number of methoxy groups -OCH3 is 1. The van der Waals surface area contributed by atoms with Crippen LogP contribution >= 0.6 is 11.3 Å². The van der Waals surface area contributed by atoms with Crippen LogP contribution in [0.1, 0.15) is 49.6 Å². The van der Waals surface area contributed by atoms with Crippen LogP contribution in [0.15, 0.2) is 66.0 Å². The smallest absolute Gasteiger partial charge is 0.483 e. The third-order valence-corrected chi connectivity index (χ3v) is 5.86. The third-order valence-electron chi connectivity index (χ3n) is 4.89. The van der Waals surface area contributed by atoms with Gasteiger partial charge in [-0.05, 0) is 53.3 Å². The molecule has 170 valence electrons. The SMILES string of the molecule is COc1ccc(C(O)(c2ccc(OCCCC(=[OH+])OC(C)(C)C)cc2)c2cccs2)cc1. The molecule has 3 aromatic rings. The van der Waals surface area contributed by atoms with Crippen LogP contribution < -0.4 is 9.47 Å². The molecule has 0 aliphatic heterocycles. The Morgan fingerprint density at radius 3 is 2.03 bits per heavy atom. The first-order valence-corrected chi connectivity index (χ1v) is 11.5. The minimum atomic E-state index is -1.27. The van der Waals surface area contributed by atoms with Crippen molar-refractivity contribution in [2.45, 2.75) is 44.8 Å². The van der Waals surface area contributed by atoms with Crippen LogP contribution in [0.2, 0.25) is 0 Å². The summed E-state index contributed by atoms with van der Waals surface area (Å²) in [5.74, 6) is 1.47. The van der Waals surface area contributed by atoms with E-state index in [0.717, 1.165) is 21.8 Å². The van der Waals surface area contributed by atoms with Gasteiger partial charge in [0.05, 0.1) is 13.7 Å². The number of ether oxygens (including phenoxy) is 3. The maximum atomic E-state index is 11.8. The zero-order valence-corrected chi connectivity index (χ0v) is 19.8. The average molecular weight is 456 g/mol. The van der Waals surface area contributed by atoms with Crippen LogP contribution in [0.5, 0.6) is 11.5 Å². The number of benzene rings is 2. The Kier molecular flexibility index (Phi) is 7.59. The van der Waals surface area contributed by atoms with Gasteiger partial charge in [-0.2, -0.15) is 0 Å². The lowest BCUT2D eigenvalue weighted by molar-refractivity contribution is 0.0958. The van der Waals surface area contributed by atoms with Crippen LogP contribution in [0, 0.1) is 0 Å². The molecule has 0 aliphatic carbocycles. The average Bonchev–Trinajstić information content (AvgIpc) is 3.31. The topological polar surface area (TPSA) is 69.3 Å². The van der Waals surface area contributed by atoms with Gasteiger partial charge in [-0.3, -0.25) is 0 Å². The first kappa shape index (κ1) is 23.8. The van der Waals surface area contributed by atoms with Crippen LogP contribution in [-0.2, 0) is 10.3 Å². The van der Waals surface area contributed by atoms with Gasteiger partial charge in [0.25, 0.3) is 0 Å². The predicted octanol–water partition coefficient (Wildman–Crippen LogP) is 5.52. The van der Waals surface area contributed by atoms with Crippen molar-refractivity contribution in [3.05, 3.63) is 82.0 Å². The van der Waals surface area contributed by atoms with Crippen LogP contribution in [0.4, 0.5) is 0 Å². The van der Waals surface area contributed by atoms with E-state index < -0.39 is 11.2 Å². The first-order valence-electron chi connectivity index (χ1n) is 10.6. The Morgan fingerprint density at radius 1 is 0.938 bits per heavy atom. The largest absolute Gasteiger partial charge is 0.497 e. The van der Waals surface area contributed by atoms with Gasteiger partial charge in [0, 0.05) is 25.6 Å². The van der Waals surface area contributed by atoms with Gasteiger partial charge in [0.1, 0.15) is 23.5 Å². The highest BCUT2D eigenvalue weighted by molar-refractivity contribution is 7.10. The predicted molar refractivity (Wildman–Crippen MR) is 128 cm³/mol. The Hall–Kier alpha value is -2.83. The number of hydrogen-bond acceptors (Lipinski definition) is 5. The quantitative estimate of drug-likeness (QED) is 0.262. The van der Waals surface area contributed by atoms with Crippen LogP contribution in [0.25, 0.3) is 0 Å². The Morgan fingerprint density at radius 2 is 1.53 bits per heavy atom. The number of hydrogen-bond donors (Lipinski definition) is 1. The van der Waals surface area contributed by atoms with Gasteiger partial charge in [-0.25, -0.2) is 0 Å². The summed E-state index contributed by atoms with van der Waals surface area (Å²) >= 11 is 1.51. The van der Waals surface area contributed by atoms with Gasteiger partial charge in [-0.1, -0.05) is 30.3 Å². The second kappa shape index (κ2) is 10.2. The normalized spacial score (nSPS) is 13.3. The summed E-state index contributed by atoms with van der Waals surface area (Å²) < 4.78 is 16.5. The van der Waals surface area contributed by atoms with Gasteiger partial charge in [0.15, 0.2) is 5.60 Å². The molecule has 0 bridgehead atoms. The highest BCUT2D eigenvalue weighted by Gasteiger charge is 2.35. The van der Waals surface area contributed by atoms with Crippen molar-refractivity contribution in [2.75, 3.05) is 13.7 Å². The van der Waals surface area contributed by atoms with Crippen molar-refractivity contribution < 1.29 is 24.1 Å². The van der Waals surface area contributed by atoms with E-state index in [4.69, 9.17) is 14.2 Å². The van der Waals surface area contributed by atoms with Crippen molar-refractivity contribution >= 4 is 17.3 Å².